The van der Waals surface area contributed by atoms with Crippen LogP contribution >= 0.6 is 11.6 Å². The van der Waals surface area contributed by atoms with Crippen molar-refractivity contribution < 1.29 is 9.47 Å². The number of rotatable bonds is 7. The molecule has 3 nitrogen and oxygen atoms in total. The molecule has 0 spiro atoms. The van der Waals surface area contributed by atoms with E-state index >= 15 is 0 Å². The zero-order valence-electron chi connectivity index (χ0n) is 12.4. The van der Waals surface area contributed by atoms with E-state index in [2.05, 4.69) is 5.32 Å². The van der Waals surface area contributed by atoms with Gasteiger partial charge in [0.1, 0.15) is 18.1 Å². The van der Waals surface area contributed by atoms with E-state index in [0.717, 1.165) is 27.8 Å². The lowest BCUT2D eigenvalue weighted by atomic mass is 10.2. The van der Waals surface area contributed by atoms with E-state index in [9.17, 15) is 0 Å². The van der Waals surface area contributed by atoms with Crippen LogP contribution in [0.25, 0.3) is 0 Å². The van der Waals surface area contributed by atoms with Crippen molar-refractivity contribution in [2.45, 2.75) is 13.8 Å². The van der Waals surface area contributed by atoms with Crippen molar-refractivity contribution in [1.29, 1.82) is 0 Å². The maximum absolute atomic E-state index is 5.99. The fourth-order valence-electron chi connectivity index (χ4n) is 1.96. The molecule has 0 heterocycles. The number of hydrogen-bond donors (Lipinski definition) is 1. The van der Waals surface area contributed by atoms with Crippen LogP contribution < -0.4 is 14.8 Å². The Morgan fingerprint density at radius 2 is 1.90 bits per heavy atom. The molecule has 0 unspecified atom stereocenters. The van der Waals surface area contributed by atoms with Gasteiger partial charge in [-0.3, -0.25) is 0 Å². The van der Waals surface area contributed by atoms with Crippen LogP contribution in [0.1, 0.15) is 12.5 Å². The highest BCUT2D eigenvalue weighted by atomic mass is 35.5. The number of para-hydroxylation sites is 2. The first-order chi connectivity index (χ1) is 10.2. The molecule has 0 saturated carbocycles. The normalized spacial score (nSPS) is 10.2. The van der Waals surface area contributed by atoms with Gasteiger partial charge in [-0.15, -0.1) is 0 Å². The van der Waals surface area contributed by atoms with E-state index in [0.29, 0.717) is 19.8 Å². The number of aryl methyl sites for hydroxylation is 1. The largest absolute Gasteiger partial charge is 0.492 e. The molecule has 0 bridgehead atoms. The van der Waals surface area contributed by atoms with Gasteiger partial charge in [-0.2, -0.15) is 0 Å². The summed E-state index contributed by atoms with van der Waals surface area (Å²) in [5, 5.41) is 4.07. The molecule has 0 amide bonds. The van der Waals surface area contributed by atoms with Crippen molar-refractivity contribution in [3.05, 3.63) is 53.1 Å². The van der Waals surface area contributed by atoms with Gasteiger partial charge in [-0.1, -0.05) is 23.7 Å². The molecule has 0 saturated heterocycles. The highest BCUT2D eigenvalue weighted by molar-refractivity contribution is 6.31. The Labute approximate surface area is 130 Å². The Morgan fingerprint density at radius 3 is 2.67 bits per heavy atom. The highest BCUT2D eigenvalue weighted by Crippen LogP contribution is 2.23. The summed E-state index contributed by atoms with van der Waals surface area (Å²) in [6.07, 6.45) is 0. The summed E-state index contributed by atoms with van der Waals surface area (Å²) in [6.45, 7) is 5.86. The number of anilines is 1. The van der Waals surface area contributed by atoms with E-state index in [1.807, 2.05) is 56.3 Å². The summed E-state index contributed by atoms with van der Waals surface area (Å²) < 4.78 is 11.3. The lowest BCUT2D eigenvalue weighted by Gasteiger charge is -2.13. The minimum absolute atomic E-state index is 0.571. The van der Waals surface area contributed by atoms with E-state index in [1.165, 1.54) is 0 Å². The summed E-state index contributed by atoms with van der Waals surface area (Å²) in [4.78, 5) is 0. The zero-order valence-corrected chi connectivity index (χ0v) is 13.1. The van der Waals surface area contributed by atoms with Crippen molar-refractivity contribution >= 4 is 17.3 Å². The van der Waals surface area contributed by atoms with Gasteiger partial charge in [0.25, 0.3) is 0 Å². The van der Waals surface area contributed by atoms with Crippen LogP contribution in [0.5, 0.6) is 11.5 Å². The zero-order chi connectivity index (χ0) is 15.1. The molecule has 2 aromatic rings. The van der Waals surface area contributed by atoms with E-state index in [-0.39, 0.29) is 0 Å². The molecule has 0 aromatic heterocycles. The molecule has 2 aromatic carbocycles. The number of benzene rings is 2. The van der Waals surface area contributed by atoms with Gasteiger partial charge in [-0.05, 0) is 49.7 Å². The van der Waals surface area contributed by atoms with E-state index in [4.69, 9.17) is 21.1 Å². The van der Waals surface area contributed by atoms with Gasteiger partial charge in [0.15, 0.2) is 0 Å². The maximum Gasteiger partial charge on any atom is 0.142 e. The summed E-state index contributed by atoms with van der Waals surface area (Å²) in [5.41, 5.74) is 2.00. The average Bonchev–Trinajstić information content (AvgIpc) is 2.49. The molecular weight excluding hydrogens is 286 g/mol. The van der Waals surface area contributed by atoms with Gasteiger partial charge in [0.2, 0.25) is 0 Å². The van der Waals surface area contributed by atoms with Crippen molar-refractivity contribution in [3.63, 3.8) is 0 Å². The summed E-state index contributed by atoms with van der Waals surface area (Å²) in [6, 6.07) is 13.6. The number of hydrogen-bond acceptors (Lipinski definition) is 3. The van der Waals surface area contributed by atoms with Gasteiger partial charge >= 0.3 is 0 Å². The monoisotopic (exact) mass is 305 g/mol. The SMILES string of the molecule is CCOc1ccccc1NCCOc1ccc(Cl)c(C)c1. The van der Waals surface area contributed by atoms with Crippen molar-refractivity contribution in [3.8, 4) is 11.5 Å². The Bertz CT molecular complexity index is 587. The fraction of sp³-hybridized carbons (Fsp3) is 0.294. The molecule has 0 atom stereocenters. The highest BCUT2D eigenvalue weighted by Gasteiger charge is 2.02. The average molecular weight is 306 g/mol. The lowest BCUT2D eigenvalue weighted by Crippen LogP contribution is -2.12. The third-order valence-electron chi connectivity index (χ3n) is 3.00. The smallest absolute Gasteiger partial charge is 0.142 e. The van der Waals surface area contributed by atoms with Crippen LogP contribution in [-0.2, 0) is 0 Å². The number of nitrogens with one attached hydrogen (secondary N) is 1. The van der Waals surface area contributed by atoms with Gasteiger partial charge in [-0.25, -0.2) is 0 Å². The summed E-state index contributed by atoms with van der Waals surface area (Å²) in [5.74, 6) is 1.69. The summed E-state index contributed by atoms with van der Waals surface area (Å²) >= 11 is 5.99. The Kier molecular flexibility index (Phi) is 5.76. The van der Waals surface area contributed by atoms with Gasteiger partial charge in [0.05, 0.1) is 12.3 Å². The van der Waals surface area contributed by atoms with Crippen LogP contribution in [0.4, 0.5) is 5.69 Å². The Morgan fingerprint density at radius 1 is 1.10 bits per heavy atom. The molecule has 0 aliphatic carbocycles. The Balaban J connectivity index is 1.83. The van der Waals surface area contributed by atoms with Crippen LogP contribution in [0.2, 0.25) is 5.02 Å². The number of ether oxygens (including phenoxy) is 2. The van der Waals surface area contributed by atoms with E-state index in [1.54, 1.807) is 0 Å². The quantitative estimate of drug-likeness (QED) is 0.762. The van der Waals surface area contributed by atoms with Crippen LogP contribution in [0.15, 0.2) is 42.5 Å². The van der Waals surface area contributed by atoms with Crippen LogP contribution in [-0.4, -0.2) is 19.8 Å². The second-order valence-corrected chi connectivity index (χ2v) is 5.02. The second-order valence-electron chi connectivity index (χ2n) is 4.62. The molecule has 0 radical (unpaired) electrons. The summed E-state index contributed by atoms with van der Waals surface area (Å²) in [7, 11) is 0. The molecule has 4 heteroatoms. The van der Waals surface area contributed by atoms with Crippen LogP contribution in [0.3, 0.4) is 0 Å². The molecular formula is C17H20ClNO2. The topological polar surface area (TPSA) is 30.5 Å². The third-order valence-corrected chi connectivity index (χ3v) is 3.43. The first-order valence-electron chi connectivity index (χ1n) is 7.05. The Hall–Kier alpha value is -1.87. The minimum Gasteiger partial charge on any atom is -0.492 e. The van der Waals surface area contributed by atoms with E-state index < -0.39 is 0 Å². The molecule has 21 heavy (non-hydrogen) atoms. The number of halogens is 1. The van der Waals surface area contributed by atoms with Crippen molar-refractivity contribution in [2.24, 2.45) is 0 Å². The fourth-order valence-corrected chi connectivity index (χ4v) is 2.07. The molecule has 0 aliphatic rings. The maximum atomic E-state index is 5.99. The third kappa shape index (κ3) is 4.57. The van der Waals surface area contributed by atoms with Crippen molar-refractivity contribution in [2.75, 3.05) is 25.1 Å². The van der Waals surface area contributed by atoms with Gasteiger partial charge in [0, 0.05) is 11.6 Å². The molecule has 2 rings (SSSR count). The lowest BCUT2D eigenvalue weighted by molar-refractivity contribution is 0.330. The standard InChI is InChI=1S/C17H20ClNO2/c1-3-20-17-7-5-4-6-16(17)19-10-11-21-14-8-9-15(18)13(2)12-14/h4-9,12,19H,3,10-11H2,1-2H3. The molecule has 1 N–H and O–H groups in total. The molecule has 0 aliphatic heterocycles. The first kappa shape index (κ1) is 15.5. The minimum atomic E-state index is 0.571. The van der Waals surface area contributed by atoms with Crippen molar-refractivity contribution in [1.82, 2.24) is 0 Å². The molecule has 0 fully saturated rings. The second kappa shape index (κ2) is 7.79. The molecule has 112 valence electrons. The van der Waals surface area contributed by atoms with Gasteiger partial charge < -0.3 is 14.8 Å². The predicted octanol–water partition coefficient (Wildman–Crippen LogP) is 4.54. The predicted molar refractivity (Wildman–Crippen MR) is 87.8 cm³/mol. The van der Waals surface area contributed by atoms with Crippen LogP contribution in [0, 0.1) is 6.92 Å². The first-order valence-corrected chi connectivity index (χ1v) is 7.43.